The minimum Gasteiger partial charge on any atom is -0.493 e. The molecule has 0 aliphatic heterocycles. The highest BCUT2D eigenvalue weighted by Gasteiger charge is 2.50. The van der Waals surface area contributed by atoms with Crippen LogP contribution in [0, 0.1) is 23.2 Å². The number of hydrogen-bond acceptors (Lipinski definition) is 3. The third kappa shape index (κ3) is 4.71. The van der Waals surface area contributed by atoms with Crippen LogP contribution in [0.2, 0.25) is 0 Å². The molecular formula is C24H37N2O3+. The molecule has 0 aromatic heterocycles. The number of likely N-dealkylation sites (N-methyl/N-ethyl adjacent to an activating group) is 1. The molecule has 2 N–H and O–H groups in total. The van der Waals surface area contributed by atoms with Crippen molar-refractivity contribution in [2.45, 2.75) is 52.0 Å². The normalized spacial score (nSPS) is 30.8. The lowest BCUT2D eigenvalue weighted by Crippen LogP contribution is -3.08. The van der Waals surface area contributed by atoms with Crippen molar-refractivity contribution in [1.82, 2.24) is 5.32 Å². The van der Waals surface area contributed by atoms with Crippen molar-refractivity contribution >= 4 is 5.91 Å². The van der Waals surface area contributed by atoms with E-state index in [-0.39, 0.29) is 5.91 Å². The van der Waals surface area contributed by atoms with Crippen molar-refractivity contribution < 1.29 is 19.2 Å². The molecule has 5 nitrogen and oxygen atoms in total. The second kappa shape index (κ2) is 8.55. The highest BCUT2D eigenvalue weighted by molar-refractivity contribution is 5.76. The molecule has 0 saturated heterocycles. The summed E-state index contributed by atoms with van der Waals surface area (Å²) in [6.07, 6.45) is 8.37. The van der Waals surface area contributed by atoms with Crippen molar-refractivity contribution in [3.63, 3.8) is 0 Å². The molecule has 4 saturated carbocycles. The Morgan fingerprint density at radius 3 is 2.38 bits per heavy atom. The van der Waals surface area contributed by atoms with E-state index in [2.05, 4.69) is 18.4 Å². The van der Waals surface area contributed by atoms with E-state index in [9.17, 15) is 4.79 Å². The standard InChI is InChI=1S/C24H36N2O3/c1-4-29-21-6-5-17(10-22(21)28-3)14-26(2)15-23(27)25-16-24-11-18-7-19(12-24)9-20(8-18)13-24/h5-6,10,18-20H,4,7-9,11-16H2,1-3H3,(H,25,27)/p+1. The molecule has 0 radical (unpaired) electrons. The highest BCUT2D eigenvalue weighted by atomic mass is 16.5. The Balaban J connectivity index is 1.27. The van der Waals surface area contributed by atoms with Gasteiger partial charge in [-0.2, -0.15) is 0 Å². The molecule has 1 atom stereocenters. The van der Waals surface area contributed by atoms with Gasteiger partial charge in [-0.3, -0.25) is 4.79 Å². The van der Waals surface area contributed by atoms with Crippen LogP contribution >= 0.6 is 0 Å². The van der Waals surface area contributed by atoms with E-state index in [0.29, 0.717) is 18.6 Å². The molecule has 4 aliphatic carbocycles. The van der Waals surface area contributed by atoms with Crippen LogP contribution in [0.1, 0.15) is 51.0 Å². The van der Waals surface area contributed by atoms with Crippen LogP contribution in [-0.4, -0.2) is 39.8 Å². The summed E-state index contributed by atoms with van der Waals surface area (Å²) in [6, 6.07) is 6.03. The zero-order valence-electron chi connectivity index (χ0n) is 18.3. The lowest BCUT2D eigenvalue weighted by Gasteiger charge is -2.56. The van der Waals surface area contributed by atoms with Crippen LogP contribution < -0.4 is 19.7 Å². The van der Waals surface area contributed by atoms with Crippen LogP contribution in [0.15, 0.2) is 18.2 Å². The third-order valence-electron chi connectivity index (χ3n) is 7.32. The molecule has 29 heavy (non-hydrogen) atoms. The highest BCUT2D eigenvalue weighted by Crippen LogP contribution is 2.59. The molecule has 1 aromatic carbocycles. The van der Waals surface area contributed by atoms with Crippen molar-refractivity contribution in [1.29, 1.82) is 0 Å². The van der Waals surface area contributed by atoms with Gasteiger partial charge in [-0.15, -0.1) is 0 Å². The van der Waals surface area contributed by atoms with E-state index in [4.69, 9.17) is 9.47 Å². The topological polar surface area (TPSA) is 52.0 Å². The van der Waals surface area contributed by atoms with Crippen LogP contribution in [0.3, 0.4) is 0 Å². The predicted octanol–water partition coefficient (Wildman–Crippen LogP) is 2.44. The first-order valence-corrected chi connectivity index (χ1v) is 11.4. The average molecular weight is 402 g/mol. The van der Waals surface area contributed by atoms with E-state index in [1.807, 2.05) is 19.1 Å². The van der Waals surface area contributed by atoms with E-state index in [1.54, 1.807) is 7.11 Å². The van der Waals surface area contributed by atoms with Gasteiger partial charge in [0.15, 0.2) is 18.0 Å². The minimum absolute atomic E-state index is 0.177. The lowest BCUT2D eigenvalue weighted by molar-refractivity contribution is -0.885. The van der Waals surface area contributed by atoms with Gasteiger partial charge in [0.05, 0.1) is 20.8 Å². The van der Waals surface area contributed by atoms with Gasteiger partial charge >= 0.3 is 0 Å². The third-order valence-corrected chi connectivity index (χ3v) is 7.32. The summed E-state index contributed by atoms with van der Waals surface area (Å²) < 4.78 is 11.0. The number of carbonyl (C=O) groups is 1. The van der Waals surface area contributed by atoms with Gasteiger partial charge in [0.25, 0.3) is 5.91 Å². The van der Waals surface area contributed by atoms with Crippen LogP contribution in [0.5, 0.6) is 11.5 Å². The first kappa shape index (κ1) is 20.5. The van der Waals surface area contributed by atoms with Crippen molar-refractivity contribution in [2.24, 2.45) is 23.2 Å². The molecule has 1 aromatic rings. The van der Waals surface area contributed by atoms with E-state index in [0.717, 1.165) is 47.9 Å². The minimum atomic E-state index is 0.177. The van der Waals surface area contributed by atoms with Crippen LogP contribution in [-0.2, 0) is 11.3 Å². The maximum Gasteiger partial charge on any atom is 0.275 e. The fourth-order valence-corrected chi connectivity index (χ4v) is 6.64. The Kier molecular flexibility index (Phi) is 6.05. The fraction of sp³-hybridized carbons (Fsp3) is 0.708. The maximum atomic E-state index is 12.6. The zero-order valence-corrected chi connectivity index (χ0v) is 18.3. The first-order chi connectivity index (χ1) is 14.0. The Labute approximate surface area is 175 Å². The summed E-state index contributed by atoms with van der Waals surface area (Å²) in [7, 11) is 3.74. The molecule has 160 valence electrons. The fourth-order valence-electron chi connectivity index (χ4n) is 6.64. The molecule has 4 aliphatic rings. The second-order valence-corrected chi connectivity index (χ2v) is 9.92. The Morgan fingerprint density at radius 1 is 1.14 bits per heavy atom. The number of quaternary nitrogens is 1. The molecule has 5 rings (SSSR count). The Morgan fingerprint density at radius 2 is 1.79 bits per heavy atom. The van der Waals surface area contributed by atoms with Crippen molar-refractivity contribution in [2.75, 3.05) is 33.9 Å². The number of nitrogens with one attached hydrogen (secondary N) is 2. The number of carbonyl (C=O) groups excluding carboxylic acids is 1. The van der Waals surface area contributed by atoms with Crippen molar-refractivity contribution in [3.8, 4) is 11.5 Å². The number of hydrogen-bond donors (Lipinski definition) is 2. The largest absolute Gasteiger partial charge is 0.493 e. The Bertz CT molecular complexity index is 698. The van der Waals surface area contributed by atoms with Gasteiger partial charge in [-0.25, -0.2) is 0 Å². The average Bonchev–Trinajstić information content (AvgIpc) is 2.67. The molecule has 4 fully saturated rings. The molecule has 0 heterocycles. The number of benzene rings is 1. The van der Waals surface area contributed by atoms with Gasteiger partial charge in [0, 0.05) is 12.1 Å². The second-order valence-electron chi connectivity index (χ2n) is 9.92. The van der Waals surface area contributed by atoms with Gasteiger partial charge in [0.1, 0.15) is 6.54 Å². The van der Waals surface area contributed by atoms with Gasteiger partial charge < -0.3 is 19.7 Å². The van der Waals surface area contributed by atoms with Crippen LogP contribution in [0.25, 0.3) is 0 Å². The summed E-state index contributed by atoms with van der Waals surface area (Å²) >= 11 is 0. The Hall–Kier alpha value is -1.75. The first-order valence-electron chi connectivity index (χ1n) is 11.4. The summed E-state index contributed by atoms with van der Waals surface area (Å²) in [5.41, 5.74) is 1.55. The van der Waals surface area contributed by atoms with Gasteiger partial charge in [0.2, 0.25) is 0 Å². The number of ether oxygens (including phenoxy) is 2. The molecule has 4 bridgehead atoms. The molecular weight excluding hydrogens is 364 g/mol. The van der Waals surface area contributed by atoms with E-state index >= 15 is 0 Å². The summed E-state index contributed by atoms with van der Waals surface area (Å²) in [4.78, 5) is 13.8. The monoisotopic (exact) mass is 401 g/mol. The summed E-state index contributed by atoms with van der Waals surface area (Å²) in [6.45, 7) is 4.76. The SMILES string of the molecule is CCOc1ccc(C[NH+](C)CC(=O)NCC23CC4CC(CC(C4)C2)C3)cc1OC. The number of amides is 1. The molecule has 0 spiro atoms. The molecule has 5 heteroatoms. The smallest absolute Gasteiger partial charge is 0.275 e. The van der Waals surface area contributed by atoms with Gasteiger partial charge in [-0.1, -0.05) is 0 Å². The maximum absolute atomic E-state index is 12.6. The summed E-state index contributed by atoms with van der Waals surface area (Å²) in [5, 5.41) is 3.30. The zero-order chi connectivity index (χ0) is 20.4. The molecule has 1 unspecified atom stereocenters. The predicted molar refractivity (Wildman–Crippen MR) is 113 cm³/mol. The molecule has 1 amide bonds. The summed E-state index contributed by atoms with van der Waals surface area (Å²) in [5.74, 6) is 4.49. The van der Waals surface area contributed by atoms with Crippen LogP contribution in [0.4, 0.5) is 0 Å². The number of methoxy groups -OCH3 is 1. The van der Waals surface area contributed by atoms with Gasteiger partial charge in [-0.05, 0) is 86.8 Å². The van der Waals surface area contributed by atoms with Crippen molar-refractivity contribution in [3.05, 3.63) is 23.8 Å². The quantitative estimate of drug-likeness (QED) is 0.668. The lowest BCUT2D eigenvalue weighted by atomic mass is 9.49. The number of rotatable bonds is 9. The van der Waals surface area contributed by atoms with E-state index in [1.165, 1.54) is 43.4 Å². The van der Waals surface area contributed by atoms with E-state index < -0.39 is 0 Å².